The van der Waals surface area contributed by atoms with Gasteiger partial charge in [0.2, 0.25) is 0 Å². The van der Waals surface area contributed by atoms with Gasteiger partial charge in [-0.1, -0.05) is 54.1 Å². The molecule has 0 bridgehead atoms. The fraction of sp³-hybridized carbons (Fsp3) is 0.143. The molecule has 0 aliphatic carbocycles. The lowest BCUT2D eigenvalue weighted by atomic mass is 10.0. The molecule has 0 spiro atoms. The summed E-state index contributed by atoms with van der Waals surface area (Å²) in [5, 5.41) is 2.66. The molecule has 0 radical (unpaired) electrons. The van der Waals surface area contributed by atoms with E-state index in [4.69, 9.17) is 0 Å². The van der Waals surface area contributed by atoms with E-state index in [2.05, 4.69) is 86.1 Å². The zero-order chi connectivity index (χ0) is 15.3. The Morgan fingerprint density at radius 1 is 0.591 bits per heavy atom. The summed E-state index contributed by atoms with van der Waals surface area (Å²) in [6, 6.07) is 22.2. The van der Waals surface area contributed by atoms with E-state index in [0.29, 0.717) is 0 Å². The van der Waals surface area contributed by atoms with Gasteiger partial charge in [-0.3, -0.25) is 0 Å². The van der Waals surface area contributed by atoms with Gasteiger partial charge >= 0.3 is 0 Å². The van der Waals surface area contributed by atoms with E-state index in [9.17, 15) is 0 Å². The molecule has 0 unspecified atom stereocenters. The average molecular weight is 285 g/mol. The summed E-state index contributed by atoms with van der Waals surface area (Å²) in [5.41, 5.74) is 7.74. The van der Waals surface area contributed by atoms with Crippen molar-refractivity contribution in [2.24, 2.45) is 7.05 Å². The van der Waals surface area contributed by atoms with Crippen LogP contribution in [0.1, 0.15) is 11.1 Å². The molecule has 4 aromatic rings. The van der Waals surface area contributed by atoms with E-state index < -0.39 is 0 Å². The fourth-order valence-corrected chi connectivity index (χ4v) is 3.24. The molecule has 0 aliphatic heterocycles. The third-order valence-corrected chi connectivity index (χ3v) is 4.55. The van der Waals surface area contributed by atoms with Gasteiger partial charge in [-0.05, 0) is 42.7 Å². The van der Waals surface area contributed by atoms with Gasteiger partial charge in [-0.25, -0.2) is 0 Å². The summed E-state index contributed by atoms with van der Waals surface area (Å²) in [5.74, 6) is 0. The van der Waals surface area contributed by atoms with Gasteiger partial charge in [0.05, 0.1) is 0 Å². The van der Waals surface area contributed by atoms with Crippen LogP contribution in [0.3, 0.4) is 0 Å². The first-order valence-electron chi connectivity index (χ1n) is 7.69. The Morgan fingerprint density at radius 2 is 1.14 bits per heavy atom. The van der Waals surface area contributed by atoms with Crippen LogP contribution in [0.25, 0.3) is 32.9 Å². The maximum atomic E-state index is 2.30. The Balaban J connectivity index is 1.99. The molecule has 22 heavy (non-hydrogen) atoms. The van der Waals surface area contributed by atoms with Crippen molar-refractivity contribution in [3.05, 3.63) is 71.8 Å². The van der Waals surface area contributed by atoms with Crippen molar-refractivity contribution in [3.63, 3.8) is 0 Å². The molecule has 108 valence electrons. The first kappa shape index (κ1) is 13.1. The Morgan fingerprint density at radius 3 is 1.86 bits per heavy atom. The summed E-state index contributed by atoms with van der Waals surface area (Å²) >= 11 is 0. The second kappa shape index (κ2) is 4.74. The second-order valence-electron chi connectivity index (χ2n) is 6.18. The molecule has 1 heterocycles. The first-order valence-corrected chi connectivity index (χ1v) is 7.69. The number of hydrogen-bond acceptors (Lipinski definition) is 0. The first-order chi connectivity index (χ1) is 10.6. The number of benzene rings is 3. The highest BCUT2D eigenvalue weighted by atomic mass is 14.9. The molecule has 0 saturated heterocycles. The summed E-state index contributed by atoms with van der Waals surface area (Å²) in [4.78, 5) is 0. The highest BCUT2D eigenvalue weighted by molar-refractivity contribution is 6.09. The van der Waals surface area contributed by atoms with Gasteiger partial charge in [0.25, 0.3) is 0 Å². The van der Waals surface area contributed by atoms with Crippen molar-refractivity contribution >= 4 is 21.8 Å². The lowest BCUT2D eigenvalue weighted by molar-refractivity contribution is 1.01. The van der Waals surface area contributed by atoms with Gasteiger partial charge in [0.1, 0.15) is 0 Å². The second-order valence-corrected chi connectivity index (χ2v) is 6.18. The fourth-order valence-electron chi connectivity index (χ4n) is 3.24. The van der Waals surface area contributed by atoms with Gasteiger partial charge in [-0.15, -0.1) is 0 Å². The molecule has 0 saturated carbocycles. The molecule has 3 aromatic carbocycles. The summed E-state index contributed by atoms with van der Waals surface area (Å²) in [7, 11) is 2.16. The maximum absolute atomic E-state index is 2.30. The largest absolute Gasteiger partial charge is 0.344 e. The van der Waals surface area contributed by atoms with Crippen LogP contribution >= 0.6 is 0 Å². The Hall–Kier alpha value is -2.54. The summed E-state index contributed by atoms with van der Waals surface area (Å²) in [6.45, 7) is 4.27. The molecule has 4 rings (SSSR count). The lowest BCUT2D eigenvalue weighted by Crippen LogP contribution is -1.87. The average Bonchev–Trinajstić information content (AvgIpc) is 2.80. The third-order valence-electron chi connectivity index (χ3n) is 4.55. The summed E-state index contributed by atoms with van der Waals surface area (Å²) < 4.78 is 2.30. The van der Waals surface area contributed by atoms with Crippen molar-refractivity contribution in [3.8, 4) is 11.1 Å². The molecular weight excluding hydrogens is 266 g/mol. The number of nitrogens with zero attached hydrogens (tertiary/aromatic N) is 1. The standard InChI is InChI=1S/C21H19N/c1-14-4-7-16(8-5-14)17-9-11-19-18-10-6-15(2)12-20(18)22(3)21(19)13-17/h4-13H,1-3H3. The molecule has 0 N–H and O–H groups in total. The number of aryl methyl sites for hydroxylation is 3. The number of rotatable bonds is 1. The van der Waals surface area contributed by atoms with E-state index >= 15 is 0 Å². The predicted molar refractivity (Wildman–Crippen MR) is 95.3 cm³/mol. The minimum atomic E-state index is 1.27. The van der Waals surface area contributed by atoms with Crippen LogP contribution in [0, 0.1) is 13.8 Å². The predicted octanol–water partition coefficient (Wildman–Crippen LogP) is 5.62. The highest BCUT2D eigenvalue weighted by Crippen LogP contribution is 2.32. The van der Waals surface area contributed by atoms with Crippen LogP contribution in [0.2, 0.25) is 0 Å². The van der Waals surface area contributed by atoms with Crippen molar-refractivity contribution < 1.29 is 0 Å². The molecule has 1 heteroatoms. The van der Waals surface area contributed by atoms with Gasteiger partial charge in [0.15, 0.2) is 0 Å². The van der Waals surface area contributed by atoms with Gasteiger partial charge in [-0.2, -0.15) is 0 Å². The Bertz CT molecular complexity index is 988. The molecule has 0 atom stereocenters. The van der Waals surface area contributed by atoms with Gasteiger partial charge in [0, 0.05) is 28.9 Å². The van der Waals surface area contributed by atoms with Crippen molar-refractivity contribution in [1.29, 1.82) is 0 Å². The monoisotopic (exact) mass is 285 g/mol. The third kappa shape index (κ3) is 1.93. The van der Waals surface area contributed by atoms with Crippen molar-refractivity contribution in [2.45, 2.75) is 13.8 Å². The maximum Gasteiger partial charge on any atom is 0.0494 e. The Labute approximate surface area is 130 Å². The topological polar surface area (TPSA) is 4.93 Å². The summed E-state index contributed by atoms with van der Waals surface area (Å²) in [6.07, 6.45) is 0. The number of aromatic nitrogens is 1. The van der Waals surface area contributed by atoms with E-state index in [0.717, 1.165) is 0 Å². The van der Waals surface area contributed by atoms with Crippen LogP contribution in [0.15, 0.2) is 60.7 Å². The molecule has 0 fully saturated rings. The van der Waals surface area contributed by atoms with Crippen LogP contribution < -0.4 is 0 Å². The van der Waals surface area contributed by atoms with E-state index in [1.807, 2.05) is 0 Å². The van der Waals surface area contributed by atoms with Crippen LogP contribution in [0.4, 0.5) is 0 Å². The van der Waals surface area contributed by atoms with E-state index in [1.165, 1.54) is 44.1 Å². The molecule has 1 nitrogen and oxygen atoms in total. The zero-order valence-corrected chi connectivity index (χ0v) is 13.2. The van der Waals surface area contributed by atoms with E-state index in [-0.39, 0.29) is 0 Å². The van der Waals surface area contributed by atoms with E-state index in [1.54, 1.807) is 0 Å². The van der Waals surface area contributed by atoms with Gasteiger partial charge < -0.3 is 4.57 Å². The van der Waals surface area contributed by atoms with Crippen molar-refractivity contribution in [1.82, 2.24) is 4.57 Å². The highest BCUT2D eigenvalue weighted by Gasteiger charge is 2.09. The minimum absolute atomic E-state index is 1.27. The molecule has 0 amide bonds. The lowest BCUT2D eigenvalue weighted by Gasteiger charge is -2.04. The Kier molecular flexibility index (Phi) is 2.83. The normalized spacial score (nSPS) is 11.4. The van der Waals surface area contributed by atoms with Crippen LogP contribution in [-0.2, 0) is 7.05 Å². The smallest absolute Gasteiger partial charge is 0.0494 e. The number of fused-ring (bicyclic) bond motifs is 3. The molecular formula is C21H19N. The quantitative estimate of drug-likeness (QED) is 0.428. The van der Waals surface area contributed by atoms with Crippen LogP contribution in [0.5, 0.6) is 0 Å². The SMILES string of the molecule is Cc1ccc(-c2ccc3c4ccc(C)cc4n(C)c3c2)cc1. The van der Waals surface area contributed by atoms with Crippen LogP contribution in [-0.4, -0.2) is 4.57 Å². The van der Waals surface area contributed by atoms with Crippen molar-refractivity contribution in [2.75, 3.05) is 0 Å². The number of hydrogen-bond donors (Lipinski definition) is 0. The zero-order valence-electron chi connectivity index (χ0n) is 13.2. The minimum Gasteiger partial charge on any atom is -0.344 e. The molecule has 0 aliphatic rings. The molecule has 1 aromatic heterocycles.